The molecule has 12 heteroatoms. The second-order valence-corrected chi connectivity index (χ2v) is 10.5. The normalized spacial score (nSPS) is 11.4. The highest BCUT2D eigenvalue weighted by Crippen LogP contribution is 2.40. The molecule has 3 aromatic heterocycles. The van der Waals surface area contributed by atoms with Gasteiger partial charge in [0.15, 0.2) is 15.5 Å². The van der Waals surface area contributed by atoms with Crippen LogP contribution in [-0.4, -0.2) is 52.3 Å². The summed E-state index contributed by atoms with van der Waals surface area (Å²) in [6.07, 6.45) is 4.33. The topological polar surface area (TPSA) is 140 Å². The summed E-state index contributed by atoms with van der Waals surface area (Å²) in [6.45, 7) is 0. The van der Waals surface area contributed by atoms with Crippen molar-refractivity contribution < 1.29 is 23.2 Å². The maximum atomic E-state index is 13.7. The Morgan fingerprint density at radius 1 is 1.05 bits per heavy atom. The summed E-state index contributed by atoms with van der Waals surface area (Å²) in [5.41, 5.74) is 3.83. The minimum atomic E-state index is -3.97. The second-order valence-electron chi connectivity index (χ2n) is 8.56. The molecule has 0 bridgehead atoms. The predicted molar refractivity (Wildman–Crippen MR) is 145 cm³/mol. The van der Waals surface area contributed by atoms with Gasteiger partial charge in [0.25, 0.3) is 5.91 Å². The monoisotopic (exact) mass is 544 g/mol. The molecule has 0 aliphatic rings. The van der Waals surface area contributed by atoms with Crippen LogP contribution in [0.15, 0.2) is 90.2 Å². The molecule has 0 unspecified atom stereocenters. The summed E-state index contributed by atoms with van der Waals surface area (Å²) in [6, 6.07) is 18.6. The number of nitrogens with zero attached hydrogens (tertiary/aromatic N) is 5. The summed E-state index contributed by atoms with van der Waals surface area (Å²) in [7, 11) is -0.766. The molecular weight excluding hydrogens is 520 g/mol. The van der Waals surface area contributed by atoms with E-state index in [1.165, 1.54) is 36.5 Å². The van der Waals surface area contributed by atoms with Crippen LogP contribution in [0.4, 0.5) is 11.4 Å². The first kappa shape index (κ1) is 25.8. The maximum absolute atomic E-state index is 13.7. The number of rotatable bonds is 8. The Balaban J connectivity index is 1.80. The average molecular weight is 545 g/mol. The Morgan fingerprint density at radius 2 is 1.79 bits per heavy atom. The summed E-state index contributed by atoms with van der Waals surface area (Å²) in [5, 5.41) is 14.7. The molecule has 1 amide bonds. The van der Waals surface area contributed by atoms with Gasteiger partial charge in [0.2, 0.25) is 0 Å². The van der Waals surface area contributed by atoms with Gasteiger partial charge in [-0.2, -0.15) is 5.10 Å². The highest BCUT2D eigenvalue weighted by molar-refractivity contribution is 7.91. The fourth-order valence-electron chi connectivity index (χ4n) is 4.32. The number of pyridine rings is 2. The van der Waals surface area contributed by atoms with Crippen LogP contribution in [0, 0.1) is 0 Å². The third kappa shape index (κ3) is 4.90. The smallest absolute Gasteiger partial charge is 0.278 e. The first-order chi connectivity index (χ1) is 18.8. The van der Waals surface area contributed by atoms with Gasteiger partial charge in [0, 0.05) is 25.0 Å². The molecule has 0 radical (unpaired) electrons. The molecule has 5 aromatic rings. The Labute approximate surface area is 224 Å². The van der Waals surface area contributed by atoms with Crippen LogP contribution in [-0.2, 0) is 16.9 Å². The van der Waals surface area contributed by atoms with E-state index in [1.807, 2.05) is 30.3 Å². The molecule has 5 rings (SSSR count). The SMILES string of the molecule is COc1ccc(S(=O)(=O)CN(c2cccnc2)c2c(C(=O)NO)cnc3c2c(-c2ccccc2)nn3C)cc1. The fourth-order valence-corrected chi connectivity index (χ4v) is 5.63. The van der Waals surface area contributed by atoms with E-state index < -0.39 is 21.6 Å². The Morgan fingerprint density at radius 3 is 2.44 bits per heavy atom. The number of hydrogen-bond acceptors (Lipinski definition) is 9. The number of anilines is 2. The number of methoxy groups -OCH3 is 1. The number of carbonyl (C=O) groups excluding carboxylic acids is 1. The van der Waals surface area contributed by atoms with Gasteiger partial charge in [-0.1, -0.05) is 30.3 Å². The Hall–Kier alpha value is -4.81. The van der Waals surface area contributed by atoms with Crippen LogP contribution in [0.25, 0.3) is 22.3 Å². The van der Waals surface area contributed by atoms with Crippen molar-refractivity contribution in [3.05, 3.63) is 90.9 Å². The van der Waals surface area contributed by atoms with Crippen LogP contribution in [0.2, 0.25) is 0 Å². The predicted octanol–water partition coefficient (Wildman–Crippen LogP) is 3.73. The van der Waals surface area contributed by atoms with Crippen LogP contribution in [0.5, 0.6) is 5.75 Å². The van der Waals surface area contributed by atoms with E-state index in [4.69, 9.17) is 4.74 Å². The lowest BCUT2D eigenvalue weighted by atomic mass is 10.0. The summed E-state index contributed by atoms with van der Waals surface area (Å²) in [5.74, 6) is -0.907. The molecule has 0 saturated heterocycles. The first-order valence-corrected chi connectivity index (χ1v) is 13.4. The van der Waals surface area contributed by atoms with Crippen LogP contribution in [0.1, 0.15) is 10.4 Å². The first-order valence-electron chi connectivity index (χ1n) is 11.7. The number of benzene rings is 2. The number of hydrogen-bond donors (Lipinski definition) is 2. The number of sulfone groups is 1. The van der Waals surface area contributed by atoms with E-state index in [9.17, 15) is 18.4 Å². The lowest BCUT2D eigenvalue weighted by Crippen LogP contribution is -2.29. The van der Waals surface area contributed by atoms with Crippen molar-refractivity contribution in [3.63, 3.8) is 0 Å². The number of ether oxygens (including phenoxy) is 1. The standard InChI is InChI=1S/C27H24N6O5S/c1-32-26-23(24(30-32)18-7-4-3-5-8-18)25(22(16-29-26)27(34)31-35)33(19-9-6-14-28-15-19)17-39(36,37)21-12-10-20(38-2)11-13-21/h3-16,35H,17H2,1-2H3,(H,31,34). The summed E-state index contributed by atoms with van der Waals surface area (Å²) >= 11 is 0. The third-order valence-electron chi connectivity index (χ3n) is 6.16. The van der Waals surface area contributed by atoms with Gasteiger partial charge in [0.05, 0.1) is 40.5 Å². The van der Waals surface area contributed by atoms with E-state index in [2.05, 4.69) is 15.1 Å². The minimum Gasteiger partial charge on any atom is -0.497 e. The zero-order chi connectivity index (χ0) is 27.6. The number of nitrogens with one attached hydrogen (secondary N) is 1. The van der Waals surface area contributed by atoms with E-state index in [0.717, 1.165) is 5.56 Å². The molecule has 0 atom stereocenters. The van der Waals surface area contributed by atoms with Crippen LogP contribution in [0.3, 0.4) is 0 Å². The van der Waals surface area contributed by atoms with Crippen molar-refractivity contribution in [1.29, 1.82) is 0 Å². The number of amides is 1. The molecule has 198 valence electrons. The highest BCUT2D eigenvalue weighted by atomic mass is 32.2. The molecule has 0 saturated carbocycles. The van der Waals surface area contributed by atoms with Gasteiger partial charge in [-0.25, -0.2) is 23.6 Å². The second kappa shape index (κ2) is 10.5. The van der Waals surface area contributed by atoms with Crippen molar-refractivity contribution in [3.8, 4) is 17.0 Å². The van der Waals surface area contributed by atoms with Crippen molar-refractivity contribution in [2.45, 2.75) is 4.90 Å². The number of hydroxylamine groups is 1. The fraction of sp³-hybridized carbons (Fsp3) is 0.111. The zero-order valence-corrected chi connectivity index (χ0v) is 21.8. The Kier molecular flexibility index (Phi) is 6.96. The summed E-state index contributed by atoms with van der Waals surface area (Å²) in [4.78, 5) is 23.1. The maximum Gasteiger partial charge on any atom is 0.278 e. The van der Waals surface area contributed by atoms with Crippen molar-refractivity contribution in [2.75, 3.05) is 17.9 Å². The van der Waals surface area contributed by atoms with Gasteiger partial charge >= 0.3 is 0 Å². The van der Waals surface area contributed by atoms with Gasteiger partial charge in [-0.3, -0.25) is 15.0 Å². The average Bonchev–Trinajstić information content (AvgIpc) is 3.32. The lowest BCUT2D eigenvalue weighted by molar-refractivity contribution is 0.0707. The van der Waals surface area contributed by atoms with Crippen LogP contribution < -0.4 is 15.1 Å². The molecule has 0 spiro atoms. The molecule has 0 aliphatic carbocycles. The molecule has 0 fully saturated rings. The van der Waals surface area contributed by atoms with Crippen molar-refractivity contribution in [2.24, 2.45) is 7.05 Å². The largest absolute Gasteiger partial charge is 0.497 e. The minimum absolute atomic E-state index is 0.0519. The van der Waals surface area contributed by atoms with Crippen molar-refractivity contribution >= 4 is 38.2 Å². The lowest BCUT2D eigenvalue weighted by Gasteiger charge is -2.27. The van der Waals surface area contributed by atoms with Crippen LogP contribution >= 0.6 is 0 Å². The van der Waals surface area contributed by atoms with E-state index in [1.54, 1.807) is 47.7 Å². The molecule has 0 aliphatic heterocycles. The van der Waals surface area contributed by atoms with Gasteiger partial charge in [-0.05, 0) is 36.4 Å². The van der Waals surface area contributed by atoms with Crippen molar-refractivity contribution in [1.82, 2.24) is 25.2 Å². The number of aromatic nitrogens is 4. The molecular formula is C27H24N6O5S. The molecule has 11 nitrogen and oxygen atoms in total. The molecule has 2 N–H and O–H groups in total. The molecule has 2 aromatic carbocycles. The van der Waals surface area contributed by atoms with E-state index in [0.29, 0.717) is 28.2 Å². The summed E-state index contributed by atoms with van der Waals surface area (Å²) < 4.78 is 34.2. The van der Waals surface area contributed by atoms with E-state index >= 15 is 0 Å². The van der Waals surface area contributed by atoms with Gasteiger partial charge in [-0.15, -0.1) is 0 Å². The highest BCUT2D eigenvalue weighted by Gasteiger charge is 2.30. The number of carbonyl (C=O) groups is 1. The third-order valence-corrected chi connectivity index (χ3v) is 7.75. The Bertz CT molecular complexity index is 1740. The quantitative estimate of drug-likeness (QED) is 0.221. The number of aryl methyl sites for hydroxylation is 1. The molecule has 3 heterocycles. The van der Waals surface area contributed by atoms with Gasteiger partial charge < -0.3 is 9.64 Å². The number of fused-ring (bicyclic) bond motifs is 1. The zero-order valence-electron chi connectivity index (χ0n) is 21.0. The van der Waals surface area contributed by atoms with E-state index in [-0.39, 0.29) is 16.1 Å². The van der Waals surface area contributed by atoms with Gasteiger partial charge in [0.1, 0.15) is 17.3 Å². The molecule has 39 heavy (non-hydrogen) atoms.